The zero-order valence-electron chi connectivity index (χ0n) is 2.97. The summed E-state index contributed by atoms with van der Waals surface area (Å²) < 4.78 is 0. The van der Waals surface area contributed by atoms with Crippen molar-refractivity contribution in [1.29, 1.82) is 0 Å². The van der Waals surface area contributed by atoms with Crippen LogP contribution in [-0.4, -0.2) is 15.1 Å². The molecule has 1 radical (unpaired) electrons. The molecule has 0 bridgehead atoms. The fourth-order valence-corrected chi connectivity index (χ4v) is 0.219. The molecule has 0 atom stereocenters. The van der Waals surface area contributed by atoms with Crippen LogP contribution in [0.3, 0.4) is 0 Å². The molecule has 1 heterocycles. The zero-order chi connectivity index (χ0) is 4.41. The van der Waals surface area contributed by atoms with Crippen molar-refractivity contribution in [3.8, 4) is 5.88 Å². The minimum atomic E-state index is -0.0185. The average molecular weight is 83.1 g/mol. The second kappa shape index (κ2) is 1.01. The highest BCUT2D eigenvalue weighted by molar-refractivity contribution is 4.94. The summed E-state index contributed by atoms with van der Waals surface area (Å²) in [5, 5.41) is 8.30. The molecule has 2 N–H and O–H groups in total. The lowest BCUT2D eigenvalue weighted by molar-refractivity contribution is 0.455. The van der Waals surface area contributed by atoms with Crippen molar-refractivity contribution >= 4 is 0 Å². The van der Waals surface area contributed by atoms with Gasteiger partial charge in [-0.1, -0.05) is 0 Å². The Morgan fingerprint density at radius 3 is 3.00 bits per heavy atom. The first-order valence-electron chi connectivity index (χ1n) is 1.49. The van der Waals surface area contributed by atoms with E-state index >= 15 is 0 Å². The van der Waals surface area contributed by atoms with Crippen molar-refractivity contribution in [2.24, 2.45) is 0 Å². The monoisotopic (exact) mass is 83.0 g/mol. The van der Waals surface area contributed by atoms with Gasteiger partial charge in [-0.3, -0.25) is 0 Å². The van der Waals surface area contributed by atoms with E-state index in [2.05, 4.69) is 16.2 Å². The molecular weight excluding hydrogens is 80.0 g/mol. The van der Waals surface area contributed by atoms with Crippen molar-refractivity contribution in [3.05, 3.63) is 12.5 Å². The Balaban J connectivity index is 3.05. The Morgan fingerprint density at radius 1 is 2.00 bits per heavy atom. The number of imidazole rings is 1. The Labute approximate surface area is 34.7 Å². The van der Waals surface area contributed by atoms with Gasteiger partial charge in [0.05, 0.1) is 6.33 Å². The molecule has 0 unspecified atom stereocenters. The van der Waals surface area contributed by atoms with Crippen LogP contribution in [0.2, 0.25) is 0 Å². The van der Waals surface area contributed by atoms with Crippen molar-refractivity contribution in [2.45, 2.75) is 0 Å². The van der Waals surface area contributed by atoms with Gasteiger partial charge in [0.1, 0.15) is 0 Å². The lowest BCUT2D eigenvalue weighted by atomic mass is 10.9. The quantitative estimate of drug-likeness (QED) is 0.460. The van der Waals surface area contributed by atoms with E-state index in [0.717, 1.165) is 0 Å². The number of nitrogens with zero attached hydrogens (tertiary/aromatic N) is 1. The van der Waals surface area contributed by atoms with Gasteiger partial charge in [-0.2, -0.15) is 0 Å². The van der Waals surface area contributed by atoms with Crippen LogP contribution in [0.1, 0.15) is 0 Å². The molecule has 31 valence electrons. The Morgan fingerprint density at radius 2 is 2.83 bits per heavy atom. The summed E-state index contributed by atoms with van der Waals surface area (Å²) in [5.74, 6) is -0.0185. The molecule has 0 aliphatic rings. The largest absolute Gasteiger partial charge is 0.493 e. The van der Waals surface area contributed by atoms with Gasteiger partial charge in [0.15, 0.2) is 6.20 Å². The maximum Gasteiger partial charge on any atom is 0.218 e. The van der Waals surface area contributed by atoms with Gasteiger partial charge in [-0.15, -0.1) is 0 Å². The smallest absolute Gasteiger partial charge is 0.218 e. The molecule has 0 fully saturated rings. The third-order valence-electron chi connectivity index (χ3n) is 0.436. The zero-order valence-corrected chi connectivity index (χ0v) is 2.97. The molecule has 0 saturated carbocycles. The van der Waals surface area contributed by atoms with Crippen molar-refractivity contribution in [1.82, 2.24) is 9.97 Å². The minimum absolute atomic E-state index is 0.0185. The number of nitrogens with one attached hydrogen (secondary N) is 1. The third-order valence-corrected chi connectivity index (χ3v) is 0.436. The molecule has 0 aliphatic carbocycles. The third kappa shape index (κ3) is 0.337. The molecule has 1 aromatic heterocycles. The van der Waals surface area contributed by atoms with Crippen LogP contribution in [0.5, 0.6) is 5.88 Å². The summed E-state index contributed by atoms with van der Waals surface area (Å²) in [6.07, 6.45) is 3.61. The molecule has 1 rings (SSSR count). The summed E-state index contributed by atoms with van der Waals surface area (Å²) in [5.41, 5.74) is 0. The number of rotatable bonds is 0. The Kier molecular flexibility index (Phi) is 0.538. The predicted molar refractivity (Wildman–Crippen MR) is 19.1 cm³/mol. The van der Waals surface area contributed by atoms with E-state index in [1.165, 1.54) is 6.33 Å². The van der Waals surface area contributed by atoms with E-state index in [0.29, 0.717) is 0 Å². The molecule has 0 aromatic carbocycles. The summed E-state index contributed by atoms with van der Waals surface area (Å²) in [6, 6.07) is 0. The van der Waals surface area contributed by atoms with Crippen molar-refractivity contribution in [2.75, 3.05) is 0 Å². The molecule has 0 saturated heterocycles. The van der Waals surface area contributed by atoms with E-state index in [1.807, 2.05) is 0 Å². The minimum Gasteiger partial charge on any atom is -0.493 e. The van der Waals surface area contributed by atoms with E-state index in [1.54, 1.807) is 0 Å². The SMILES string of the molecule is Oc1[c]nc[nH]1. The first kappa shape index (κ1) is 3.21. The first-order valence-corrected chi connectivity index (χ1v) is 1.49. The highest BCUT2D eigenvalue weighted by Gasteiger charge is 1.78. The number of hydrogen-bond donors (Lipinski definition) is 2. The maximum atomic E-state index is 8.30. The number of hydrogen-bond acceptors (Lipinski definition) is 2. The molecule has 1 aromatic rings. The summed E-state index contributed by atoms with van der Waals surface area (Å²) in [4.78, 5) is 5.78. The van der Waals surface area contributed by atoms with Crippen LogP contribution < -0.4 is 0 Å². The van der Waals surface area contributed by atoms with Crippen LogP contribution >= 0.6 is 0 Å². The lowest BCUT2D eigenvalue weighted by Gasteiger charge is -1.67. The molecule has 0 spiro atoms. The fourth-order valence-electron chi connectivity index (χ4n) is 0.219. The van der Waals surface area contributed by atoms with E-state index in [9.17, 15) is 0 Å². The second-order valence-electron chi connectivity index (χ2n) is 0.863. The standard InChI is InChI=1S/C3H3N2O/c6-3-1-4-2-5-3/h2,6H,(H,4,5). The molecule has 0 amide bonds. The Hall–Kier alpha value is -0.990. The lowest BCUT2D eigenvalue weighted by Crippen LogP contribution is -1.52. The van der Waals surface area contributed by atoms with Crippen LogP contribution in [0, 0.1) is 6.20 Å². The van der Waals surface area contributed by atoms with Crippen LogP contribution in [-0.2, 0) is 0 Å². The summed E-state index contributed by atoms with van der Waals surface area (Å²) in [7, 11) is 0. The van der Waals surface area contributed by atoms with Gasteiger partial charge in [-0.05, 0) is 0 Å². The summed E-state index contributed by atoms with van der Waals surface area (Å²) >= 11 is 0. The topological polar surface area (TPSA) is 48.9 Å². The average Bonchev–Trinajstić information content (AvgIpc) is 1.86. The number of aromatic nitrogens is 2. The first-order chi connectivity index (χ1) is 2.89. The van der Waals surface area contributed by atoms with Gasteiger partial charge < -0.3 is 10.1 Å². The maximum absolute atomic E-state index is 8.30. The molecule has 3 heteroatoms. The van der Waals surface area contributed by atoms with E-state index in [-0.39, 0.29) is 5.88 Å². The molecule has 6 heavy (non-hydrogen) atoms. The van der Waals surface area contributed by atoms with Crippen LogP contribution in [0.25, 0.3) is 0 Å². The number of H-pyrrole nitrogens is 1. The van der Waals surface area contributed by atoms with E-state index < -0.39 is 0 Å². The van der Waals surface area contributed by atoms with E-state index in [4.69, 9.17) is 5.11 Å². The van der Waals surface area contributed by atoms with Gasteiger partial charge in [0.2, 0.25) is 5.88 Å². The molecule has 3 nitrogen and oxygen atoms in total. The number of aromatic hydroxyl groups is 1. The van der Waals surface area contributed by atoms with Gasteiger partial charge in [0, 0.05) is 0 Å². The number of aromatic amines is 1. The van der Waals surface area contributed by atoms with Gasteiger partial charge in [0.25, 0.3) is 0 Å². The molecular formula is C3H3N2O. The predicted octanol–water partition coefficient (Wildman–Crippen LogP) is -0.0845. The second-order valence-corrected chi connectivity index (χ2v) is 0.863. The highest BCUT2D eigenvalue weighted by atomic mass is 16.3. The summed E-state index contributed by atoms with van der Waals surface area (Å²) in [6.45, 7) is 0. The highest BCUT2D eigenvalue weighted by Crippen LogP contribution is 1.92. The van der Waals surface area contributed by atoms with Crippen LogP contribution in [0.4, 0.5) is 0 Å². The van der Waals surface area contributed by atoms with Crippen molar-refractivity contribution in [3.63, 3.8) is 0 Å². The molecule has 0 aliphatic heterocycles. The van der Waals surface area contributed by atoms with Gasteiger partial charge in [-0.25, -0.2) is 4.98 Å². The van der Waals surface area contributed by atoms with Gasteiger partial charge >= 0.3 is 0 Å². The fraction of sp³-hybridized carbons (Fsp3) is 0. The Bertz CT molecular complexity index is 112. The van der Waals surface area contributed by atoms with Crippen molar-refractivity contribution < 1.29 is 5.11 Å². The normalized spacial score (nSPS) is 8.67. The van der Waals surface area contributed by atoms with Crippen LogP contribution in [0.15, 0.2) is 6.33 Å².